The molecule has 0 spiro atoms. The minimum absolute atomic E-state index is 0.103. The number of halogens is 2. The number of rotatable bonds is 5. The predicted molar refractivity (Wildman–Crippen MR) is 135 cm³/mol. The van der Waals surface area contributed by atoms with Gasteiger partial charge < -0.3 is 20.3 Å². The molecule has 6 rings (SSSR count). The number of carbonyl (C=O) groups is 1. The van der Waals surface area contributed by atoms with Crippen molar-refractivity contribution < 1.29 is 18.3 Å². The van der Waals surface area contributed by atoms with E-state index in [1.54, 1.807) is 13.2 Å². The Balaban J connectivity index is 1.43. The number of hydrogen-bond donors (Lipinski definition) is 2. The molecule has 0 saturated carbocycles. The van der Waals surface area contributed by atoms with Gasteiger partial charge in [0.15, 0.2) is 11.6 Å². The van der Waals surface area contributed by atoms with E-state index in [4.69, 9.17) is 4.74 Å². The smallest absolute Gasteiger partial charge is 0.268 e. The van der Waals surface area contributed by atoms with E-state index in [9.17, 15) is 14.0 Å². The molecule has 2 saturated heterocycles. The first-order chi connectivity index (χ1) is 17.9. The molecule has 4 heterocycles. The zero-order valence-electron chi connectivity index (χ0n) is 20.2. The molecule has 4 aromatic rings. The number of amides is 1. The highest BCUT2D eigenvalue weighted by atomic mass is 19.1. The summed E-state index contributed by atoms with van der Waals surface area (Å²) < 4.78 is 37.5. The lowest BCUT2D eigenvalue weighted by molar-refractivity contribution is 0.102. The quantitative estimate of drug-likeness (QED) is 0.433. The van der Waals surface area contributed by atoms with Crippen LogP contribution in [0.15, 0.2) is 53.6 Å². The lowest BCUT2D eigenvalue weighted by Crippen LogP contribution is -2.44. The summed E-state index contributed by atoms with van der Waals surface area (Å²) in [4.78, 5) is 28.9. The number of nitrogens with one attached hydrogen (secondary N) is 2. The molecule has 2 aromatic heterocycles. The van der Waals surface area contributed by atoms with Crippen molar-refractivity contribution in [1.29, 1.82) is 0 Å². The van der Waals surface area contributed by atoms with Gasteiger partial charge in [0.25, 0.3) is 11.5 Å². The largest absolute Gasteiger partial charge is 0.494 e. The molecule has 2 bridgehead atoms. The number of carbonyl (C=O) groups excluding carboxylic acids is 1. The van der Waals surface area contributed by atoms with Crippen LogP contribution in [-0.4, -0.2) is 52.5 Å². The number of aromatic nitrogens is 3. The average Bonchev–Trinajstić information content (AvgIpc) is 3.60. The SMILES string of the molecule is COc1cccc(F)c1-n1cccc(C(=O)Nc2cc(F)c3nn(C)cc3c2N2CC3CC2CN3)c1=O. The number of benzene rings is 2. The Labute approximate surface area is 210 Å². The molecule has 11 heteroatoms. The van der Waals surface area contributed by atoms with Crippen LogP contribution in [0.3, 0.4) is 0 Å². The van der Waals surface area contributed by atoms with Crippen LogP contribution in [0.25, 0.3) is 16.6 Å². The molecule has 2 atom stereocenters. The summed E-state index contributed by atoms with van der Waals surface area (Å²) in [6, 6.07) is 8.75. The molecule has 2 fully saturated rings. The summed E-state index contributed by atoms with van der Waals surface area (Å²) in [5, 5.41) is 11.0. The van der Waals surface area contributed by atoms with Gasteiger partial charge in [-0.15, -0.1) is 0 Å². The standard InChI is InChI=1S/C26H24F2N6O3/c1-32-13-17-22(31-32)19(28)10-20(23(17)34-12-14-9-15(34)11-29-14)30-25(35)16-5-4-8-33(26(16)36)24-18(27)6-3-7-21(24)37-2/h3-8,10,13-15,29H,9,11-12H2,1-2H3,(H,30,35). The van der Waals surface area contributed by atoms with Gasteiger partial charge in [-0.25, -0.2) is 8.78 Å². The minimum Gasteiger partial charge on any atom is -0.494 e. The van der Waals surface area contributed by atoms with Gasteiger partial charge in [0.1, 0.15) is 22.5 Å². The molecule has 2 aliphatic rings. The Hall–Kier alpha value is -4.25. The number of methoxy groups -OCH3 is 1. The van der Waals surface area contributed by atoms with Crippen LogP contribution in [-0.2, 0) is 7.05 Å². The zero-order chi connectivity index (χ0) is 25.8. The Bertz CT molecular complexity index is 1610. The Morgan fingerprint density at radius 3 is 2.76 bits per heavy atom. The van der Waals surface area contributed by atoms with Gasteiger partial charge in [0.2, 0.25) is 0 Å². The molecule has 0 radical (unpaired) electrons. The number of ether oxygens (including phenoxy) is 1. The van der Waals surface area contributed by atoms with Crippen LogP contribution < -0.4 is 25.8 Å². The lowest BCUT2D eigenvalue weighted by atomic mass is 10.1. The summed E-state index contributed by atoms with van der Waals surface area (Å²) in [5.41, 5.74) is 0.0498. The second kappa shape index (κ2) is 8.70. The van der Waals surface area contributed by atoms with E-state index in [0.717, 1.165) is 17.5 Å². The van der Waals surface area contributed by atoms with Crippen LogP contribution in [0, 0.1) is 11.6 Å². The summed E-state index contributed by atoms with van der Waals surface area (Å²) in [6.45, 7) is 1.49. The van der Waals surface area contributed by atoms with Crippen molar-refractivity contribution in [3.63, 3.8) is 0 Å². The van der Waals surface area contributed by atoms with Gasteiger partial charge in [-0.3, -0.25) is 18.8 Å². The first-order valence-corrected chi connectivity index (χ1v) is 11.9. The molecule has 0 aliphatic carbocycles. The fraction of sp³-hybridized carbons (Fsp3) is 0.269. The molecule has 37 heavy (non-hydrogen) atoms. The van der Waals surface area contributed by atoms with Crippen LogP contribution in [0.2, 0.25) is 0 Å². The third-order valence-corrected chi connectivity index (χ3v) is 7.03. The van der Waals surface area contributed by atoms with E-state index in [2.05, 4.69) is 20.6 Å². The number of nitrogens with zero attached hydrogens (tertiary/aromatic N) is 4. The third kappa shape index (κ3) is 3.73. The first-order valence-electron chi connectivity index (χ1n) is 11.9. The fourth-order valence-corrected chi connectivity index (χ4v) is 5.41. The van der Waals surface area contributed by atoms with Crippen molar-refractivity contribution in [2.75, 3.05) is 30.4 Å². The molecule has 190 valence electrons. The number of fused-ring (bicyclic) bond motifs is 3. The van der Waals surface area contributed by atoms with Gasteiger partial charge in [-0.05, 0) is 30.7 Å². The van der Waals surface area contributed by atoms with Crippen LogP contribution in [0.4, 0.5) is 20.2 Å². The first kappa shape index (κ1) is 23.2. The van der Waals surface area contributed by atoms with Gasteiger partial charge in [0.05, 0.1) is 18.5 Å². The van der Waals surface area contributed by atoms with Crippen LogP contribution >= 0.6 is 0 Å². The molecular formula is C26H24F2N6O3. The predicted octanol–water partition coefficient (Wildman–Crippen LogP) is 2.81. The van der Waals surface area contributed by atoms with E-state index >= 15 is 4.39 Å². The van der Waals surface area contributed by atoms with Gasteiger partial charge >= 0.3 is 0 Å². The molecule has 9 nitrogen and oxygen atoms in total. The van der Waals surface area contributed by atoms with Crippen LogP contribution in [0.5, 0.6) is 5.75 Å². The maximum Gasteiger partial charge on any atom is 0.268 e. The molecule has 2 unspecified atom stereocenters. The Kier molecular flexibility index (Phi) is 5.45. The average molecular weight is 507 g/mol. The normalized spacial score (nSPS) is 18.5. The zero-order valence-corrected chi connectivity index (χ0v) is 20.2. The van der Waals surface area contributed by atoms with Gasteiger partial charge in [-0.1, -0.05) is 6.07 Å². The summed E-state index contributed by atoms with van der Waals surface area (Å²) in [7, 11) is 3.08. The Morgan fingerprint density at radius 2 is 2.03 bits per heavy atom. The highest BCUT2D eigenvalue weighted by Gasteiger charge is 2.40. The number of pyridine rings is 1. The van der Waals surface area contributed by atoms with Gasteiger partial charge in [-0.2, -0.15) is 5.10 Å². The summed E-state index contributed by atoms with van der Waals surface area (Å²) >= 11 is 0. The van der Waals surface area contributed by atoms with E-state index in [1.807, 2.05) is 0 Å². The van der Waals surface area contributed by atoms with Crippen molar-refractivity contribution in [2.45, 2.75) is 18.5 Å². The maximum absolute atomic E-state index is 15.1. The molecule has 2 aliphatic heterocycles. The van der Waals surface area contributed by atoms with E-state index < -0.39 is 23.1 Å². The highest BCUT2D eigenvalue weighted by molar-refractivity contribution is 6.09. The van der Waals surface area contributed by atoms with Crippen molar-refractivity contribution in [3.8, 4) is 11.4 Å². The molecule has 2 N–H and O–H groups in total. The van der Waals surface area contributed by atoms with Crippen molar-refractivity contribution in [2.24, 2.45) is 7.05 Å². The maximum atomic E-state index is 15.1. The van der Waals surface area contributed by atoms with E-state index in [1.165, 1.54) is 54.4 Å². The second-order valence-corrected chi connectivity index (χ2v) is 9.31. The lowest BCUT2D eigenvalue weighted by Gasteiger charge is -2.31. The number of aryl methyl sites for hydroxylation is 1. The van der Waals surface area contributed by atoms with Crippen molar-refractivity contribution in [1.82, 2.24) is 19.7 Å². The van der Waals surface area contributed by atoms with Gasteiger partial charge in [0, 0.05) is 56.1 Å². The third-order valence-electron chi connectivity index (χ3n) is 7.03. The summed E-state index contributed by atoms with van der Waals surface area (Å²) in [5.74, 6) is -1.86. The highest BCUT2D eigenvalue weighted by Crippen LogP contribution is 2.41. The molecule has 1 amide bonds. The number of hydrogen-bond acceptors (Lipinski definition) is 6. The Morgan fingerprint density at radius 1 is 1.19 bits per heavy atom. The van der Waals surface area contributed by atoms with E-state index in [0.29, 0.717) is 23.7 Å². The number of para-hydroxylation sites is 1. The fourth-order valence-electron chi connectivity index (χ4n) is 5.41. The van der Waals surface area contributed by atoms with Crippen LogP contribution in [0.1, 0.15) is 16.8 Å². The summed E-state index contributed by atoms with van der Waals surface area (Å²) in [6.07, 6.45) is 4.03. The monoisotopic (exact) mass is 506 g/mol. The topological polar surface area (TPSA) is 93.4 Å². The number of anilines is 2. The minimum atomic E-state index is -0.739. The van der Waals surface area contributed by atoms with Crippen molar-refractivity contribution >= 4 is 28.2 Å². The number of piperazine rings is 1. The second-order valence-electron chi connectivity index (χ2n) is 9.31. The van der Waals surface area contributed by atoms with E-state index in [-0.39, 0.29) is 34.2 Å². The molecule has 2 aromatic carbocycles. The van der Waals surface area contributed by atoms with Crippen molar-refractivity contribution in [3.05, 3.63) is 76.3 Å². The molecular weight excluding hydrogens is 482 g/mol.